The summed E-state index contributed by atoms with van der Waals surface area (Å²) in [5, 5.41) is 4.73. The summed E-state index contributed by atoms with van der Waals surface area (Å²) in [6, 6.07) is 16.5. The molecule has 0 fully saturated rings. The molecular formula is C24H28N2O3S. The van der Waals surface area contributed by atoms with Gasteiger partial charge in [-0.15, -0.1) is 0 Å². The highest BCUT2D eigenvalue weighted by Gasteiger charge is 2.24. The van der Waals surface area contributed by atoms with Gasteiger partial charge >= 0.3 is 0 Å². The number of amides is 1. The van der Waals surface area contributed by atoms with Gasteiger partial charge in [-0.3, -0.25) is 4.79 Å². The summed E-state index contributed by atoms with van der Waals surface area (Å²) in [5.74, 6) is -0.341. The van der Waals surface area contributed by atoms with E-state index in [1.807, 2.05) is 45.0 Å². The Morgan fingerprint density at radius 3 is 2.27 bits per heavy atom. The number of aryl methyl sites for hydroxylation is 3. The Labute approximate surface area is 178 Å². The third-order valence-electron chi connectivity index (χ3n) is 5.52. The van der Waals surface area contributed by atoms with Gasteiger partial charge in [0.15, 0.2) is 0 Å². The summed E-state index contributed by atoms with van der Waals surface area (Å²) in [6.07, 6.45) is 0. The van der Waals surface area contributed by atoms with Crippen LogP contribution in [-0.4, -0.2) is 32.2 Å². The second-order valence-electron chi connectivity index (χ2n) is 7.85. The molecule has 1 atom stereocenters. The van der Waals surface area contributed by atoms with Gasteiger partial charge in [0.05, 0.1) is 17.5 Å². The Bertz CT molecular complexity index is 1200. The molecule has 1 unspecified atom stereocenters. The second kappa shape index (κ2) is 8.58. The molecule has 0 heterocycles. The molecule has 0 spiro atoms. The van der Waals surface area contributed by atoms with Crippen molar-refractivity contribution in [3.8, 4) is 0 Å². The molecule has 0 radical (unpaired) electrons. The average molecular weight is 425 g/mol. The number of nitrogens with zero attached hydrogens (tertiary/aromatic N) is 1. The Hall–Kier alpha value is -2.70. The number of fused-ring (bicyclic) bond motifs is 1. The minimum Gasteiger partial charge on any atom is -0.348 e. The maximum atomic E-state index is 12.9. The van der Waals surface area contributed by atoms with Crippen molar-refractivity contribution < 1.29 is 13.2 Å². The van der Waals surface area contributed by atoms with E-state index in [9.17, 15) is 13.2 Å². The predicted molar refractivity (Wildman–Crippen MR) is 121 cm³/mol. The maximum absolute atomic E-state index is 12.9. The Morgan fingerprint density at radius 1 is 0.933 bits per heavy atom. The van der Waals surface area contributed by atoms with Crippen molar-refractivity contribution >= 4 is 26.7 Å². The normalized spacial score (nSPS) is 12.9. The number of rotatable bonds is 6. The van der Waals surface area contributed by atoms with E-state index in [2.05, 4.69) is 24.4 Å². The predicted octanol–water partition coefficient (Wildman–Crippen LogP) is 4.26. The summed E-state index contributed by atoms with van der Waals surface area (Å²) in [6.45, 7) is 7.77. The van der Waals surface area contributed by atoms with Gasteiger partial charge in [0.1, 0.15) is 0 Å². The maximum Gasteiger partial charge on any atom is 0.243 e. The van der Waals surface area contributed by atoms with Gasteiger partial charge in [-0.1, -0.05) is 42.5 Å². The molecule has 1 N–H and O–H groups in total. The van der Waals surface area contributed by atoms with E-state index in [0.717, 1.165) is 31.8 Å². The number of nitrogens with one attached hydrogen (secondary N) is 1. The second-order valence-corrected chi connectivity index (χ2v) is 9.90. The first-order valence-corrected chi connectivity index (χ1v) is 11.4. The molecular weight excluding hydrogens is 396 g/mol. The number of hydrogen-bond donors (Lipinski definition) is 1. The van der Waals surface area contributed by atoms with Gasteiger partial charge < -0.3 is 5.32 Å². The minimum atomic E-state index is -3.77. The van der Waals surface area contributed by atoms with E-state index >= 15 is 0 Å². The van der Waals surface area contributed by atoms with E-state index in [0.29, 0.717) is 0 Å². The van der Waals surface area contributed by atoms with Crippen LogP contribution in [0.25, 0.3) is 10.8 Å². The smallest absolute Gasteiger partial charge is 0.243 e. The first-order valence-electron chi connectivity index (χ1n) is 9.92. The van der Waals surface area contributed by atoms with Gasteiger partial charge in [-0.2, -0.15) is 4.31 Å². The lowest BCUT2D eigenvalue weighted by Crippen LogP contribution is -2.39. The van der Waals surface area contributed by atoms with E-state index in [1.165, 1.54) is 12.6 Å². The summed E-state index contributed by atoms with van der Waals surface area (Å²) >= 11 is 0. The van der Waals surface area contributed by atoms with Gasteiger partial charge in [-0.25, -0.2) is 8.42 Å². The summed E-state index contributed by atoms with van der Waals surface area (Å²) in [5.41, 5.74) is 4.50. The fourth-order valence-corrected chi connectivity index (χ4v) is 4.77. The van der Waals surface area contributed by atoms with E-state index in [-0.39, 0.29) is 23.4 Å². The quantitative estimate of drug-likeness (QED) is 0.643. The minimum absolute atomic E-state index is 0.176. The topological polar surface area (TPSA) is 66.5 Å². The molecule has 6 heteroatoms. The highest BCUT2D eigenvalue weighted by atomic mass is 32.2. The summed E-state index contributed by atoms with van der Waals surface area (Å²) in [7, 11) is -2.35. The van der Waals surface area contributed by atoms with Crippen LogP contribution in [0.5, 0.6) is 0 Å². The highest BCUT2D eigenvalue weighted by molar-refractivity contribution is 7.89. The zero-order valence-electron chi connectivity index (χ0n) is 18.1. The molecule has 0 aliphatic rings. The average Bonchev–Trinajstić information content (AvgIpc) is 2.70. The van der Waals surface area contributed by atoms with Crippen molar-refractivity contribution in [2.45, 2.75) is 38.6 Å². The molecule has 3 aromatic carbocycles. The van der Waals surface area contributed by atoms with Crippen LogP contribution in [0.1, 0.15) is 35.2 Å². The van der Waals surface area contributed by atoms with Crippen LogP contribution in [0.3, 0.4) is 0 Å². The van der Waals surface area contributed by atoms with Crippen molar-refractivity contribution in [1.82, 2.24) is 9.62 Å². The van der Waals surface area contributed by atoms with Crippen molar-refractivity contribution in [2.75, 3.05) is 13.6 Å². The van der Waals surface area contributed by atoms with Crippen LogP contribution in [0, 0.1) is 20.8 Å². The SMILES string of the molecule is Cc1cc(C)c(C(C)NC(=O)CN(C)S(=O)(=O)c2ccc3ccccc3c2)cc1C. The number of carbonyl (C=O) groups excluding carboxylic acids is 1. The molecule has 1 amide bonds. The molecule has 0 aliphatic heterocycles. The first kappa shape index (κ1) is 22.0. The number of likely N-dealkylation sites (N-methyl/N-ethyl adjacent to an activating group) is 1. The third-order valence-corrected chi connectivity index (χ3v) is 7.32. The van der Waals surface area contributed by atoms with Crippen molar-refractivity contribution in [1.29, 1.82) is 0 Å². The first-order chi connectivity index (χ1) is 14.1. The monoisotopic (exact) mass is 424 g/mol. The lowest BCUT2D eigenvalue weighted by atomic mass is 9.96. The Kier molecular flexibility index (Phi) is 6.29. The van der Waals surface area contributed by atoms with Crippen LogP contribution in [0.4, 0.5) is 0 Å². The standard InChI is InChI=1S/C24H28N2O3S/c1-16-12-18(3)23(13-17(16)2)19(4)25-24(27)15-26(5)30(28,29)22-11-10-20-8-6-7-9-21(20)14-22/h6-14,19H,15H2,1-5H3,(H,25,27). The van der Waals surface area contributed by atoms with Crippen molar-refractivity contribution in [3.05, 3.63) is 76.9 Å². The molecule has 3 rings (SSSR count). The summed E-state index contributed by atoms with van der Waals surface area (Å²) < 4.78 is 27.0. The van der Waals surface area contributed by atoms with Crippen LogP contribution in [0.15, 0.2) is 59.5 Å². The Morgan fingerprint density at radius 2 is 1.57 bits per heavy atom. The zero-order chi connectivity index (χ0) is 22.1. The van der Waals surface area contributed by atoms with Crippen LogP contribution < -0.4 is 5.32 Å². The summed E-state index contributed by atoms with van der Waals surface area (Å²) in [4.78, 5) is 12.7. The molecule has 3 aromatic rings. The Balaban J connectivity index is 1.73. The largest absolute Gasteiger partial charge is 0.348 e. The fraction of sp³-hybridized carbons (Fsp3) is 0.292. The molecule has 0 saturated heterocycles. The van der Waals surface area contributed by atoms with E-state index < -0.39 is 10.0 Å². The van der Waals surface area contributed by atoms with Crippen LogP contribution in [0.2, 0.25) is 0 Å². The van der Waals surface area contributed by atoms with E-state index in [1.54, 1.807) is 18.2 Å². The number of hydrogen-bond acceptors (Lipinski definition) is 3. The molecule has 5 nitrogen and oxygen atoms in total. The highest BCUT2D eigenvalue weighted by Crippen LogP contribution is 2.23. The van der Waals surface area contributed by atoms with Crippen LogP contribution >= 0.6 is 0 Å². The molecule has 158 valence electrons. The number of sulfonamides is 1. The number of carbonyl (C=O) groups is 1. The van der Waals surface area contributed by atoms with Crippen LogP contribution in [-0.2, 0) is 14.8 Å². The molecule has 0 saturated carbocycles. The molecule has 30 heavy (non-hydrogen) atoms. The van der Waals surface area contributed by atoms with Gasteiger partial charge in [0.25, 0.3) is 0 Å². The molecule has 0 aliphatic carbocycles. The van der Waals surface area contributed by atoms with E-state index in [4.69, 9.17) is 0 Å². The van der Waals surface area contributed by atoms with Crippen molar-refractivity contribution in [3.63, 3.8) is 0 Å². The lowest BCUT2D eigenvalue weighted by Gasteiger charge is -2.21. The molecule has 0 bridgehead atoms. The fourth-order valence-electron chi connectivity index (χ4n) is 3.61. The van der Waals surface area contributed by atoms with Crippen molar-refractivity contribution in [2.24, 2.45) is 0 Å². The van der Waals surface area contributed by atoms with Gasteiger partial charge in [0.2, 0.25) is 15.9 Å². The zero-order valence-corrected chi connectivity index (χ0v) is 18.9. The lowest BCUT2D eigenvalue weighted by molar-refractivity contribution is -0.121. The van der Waals surface area contributed by atoms with Gasteiger partial charge in [-0.05, 0) is 72.9 Å². The number of benzene rings is 3. The third kappa shape index (κ3) is 4.55. The van der Waals surface area contributed by atoms with Gasteiger partial charge in [0, 0.05) is 7.05 Å². The molecule has 0 aromatic heterocycles.